The molecule has 17 heavy (non-hydrogen) atoms. The third-order valence-electron chi connectivity index (χ3n) is 2.70. The molecule has 0 saturated carbocycles. The molecule has 1 heterocycles. The van der Waals surface area contributed by atoms with Gasteiger partial charge in [0.15, 0.2) is 0 Å². The maximum Gasteiger partial charge on any atom is 0.231 e. The van der Waals surface area contributed by atoms with Gasteiger partial charge in [-0.2, -0.15) is 15.0 Å². The lowest BCUT2D eigenvalue weighted by Crippen LogP contribution is -2.27. The van der Waals surface area contributed by atoms with Crippen LogP contribution in [-0.2, 0) is 0 Å². The highest BCUT2D eigenvalue weighted by Gasteiger charge is 2.12. The number of anilines is 3. The maximum atomic E-state index is 4.48. The molecule has 0 aliphatic carbocycles. The lowest BCUT2D eigenvalue weighted by molar-refractivity contribution is 0.799. The molecule has 0 spiro atoms. The molecule has 1 rings (SSSR count). The van der Waals surface area contributed by atoms with E-state index in [0.29, 0.717) is 11.9 Å². The fraction of sp³-hybridized carbons (Fsp3) is 0.727. The predicted molar refractivity (Wildman–Crippen MR) is 71.9 cm³/mol. The topological polar surface area (TPSA) is 57.2 Å². The summed E-state index contributed by atoms with van der Waals surface area (Å²) in [7, 11) is 3.79. The van der Waals surface area contributed by atoms with Crippen molar-refractivity contribution in [1.29, 1.82) is 0 Å². The highest BCUT2D eigenvalue weighted by molar-refractivity contribution is 5.44. The Balaban J connectivity index is 3.12. The number of aromatic nitrogens is 3. The van der Waals surface area contributed by atoms with Crippen LogP contribution in [0.2, 0.25) is 0 Å². The molecule has 0 aliphatic heterocycles. The van der Waals surface area contributed by atoms with Crippen LogP contribution in [0.25, 0.3) is 0 Å². The van der Waals surface area contributed by atoms with Gasteiger partial charge in [-0.05, 0) is 20.8 Å². The molecule has 96 valence electrons. The summed E-state index contributed by atoms with van der Waals surface area (Å²) in [5, 5.41) is 2.97. The van der Waals surface area contributed by atoms with Crippen molar-refractivity contribution < 1.29 is 0 Å². The van der Waals surface area contributed by atoms with Gasteiger partial charge in [-0.1, -0.05) is 0 Å². The molecule has 0 aliphatic rings. The quantitative estimate of drug-likeness (QED) is 0.804. The Kier molecular flexibility index (Phi) is 4.93. The van der Waals surface area contributed by atoms with E-state index >= 15 is 0 Å². The van der Waals surface area contributed by atoms with E-state index in [-0.39, 0.29) is 0 Å². The van der Waals surface area contributed by atoms with Crippen LogP contribution in [0, 0.1) is 0 Å². The number of hydrogen-bond donors (Lipinski definition) is 1. The summed E-state index contributed by atoms with van der Waals surface area (Å²) < 4.78 is 0. The number of nitrogens with zero attached hydrogens (tertiary/aromatic N) is 5. The molecule has 0 atom stereocenters. The summed E-state index contributed by atoms with van der Waals surface area (Å²) in [6.07, 6.45) is 0. The Morgan fingerprint density at radius 2 is 1.53 bits per heavy atom. The minimum atomic E-state index is 0.609. The van der Waals surface area contributed by atoms with E-state index in [1.54, 1.807) is 0 Å². The lowest BCUT2D eigenvalue weighted by atomic mass is 10.5. The van der Waals surface area contributed by atoms with Crippen molar-refractivity contribution in [1.82, 2.24) is 15.0 Å². The standard InChI is InChI=1S/C11H22N6/c1-6-16(5)10-13-9(12-4)14-11(15-10)17(7-2)8-3/h6-8H2,1-5H3,(H,12,13,14,15). The van der Waals surface area contributed by atoms with Gasteiger partial charge < -0.3 is 15.1 Å². The van der Waals surface area contributed by atoms with Gasteiger partial charge in [0.1, 0.15) is 0 Å². The van der Waals surface area contributed by atoms with Crippen LogP contribution in [0.3, 0.4) is 0 Å². The zero-order chi connectivity index (χ0) is 12.8. The second-order valence-corrected chi connectivity index (χ2v) is 3.70. The average Bonchev–Trinajstić information content (AvgIpc) is 2.38. The van der Waals surface area contributed by atoms with Crippen LogP contribution in [0.4, 0.5) is 17.8 Å². The molecule has 6 nitrogen and oxygen atoms in total. The van der Waals surface area contributed by atoms with Crippen LogP contribution >= 0.6 is 0 Å². The molecule has 0 fully saturated rings. The first-order chi connectivity index (χ1) is 8.15. The van der Waals surface area contributed by atoms with Crippen molar-refractivity contribution in [3.05, 3.63) is 0 Å². The summed E-state index contributed by atoms with van der Waals surface area (Å²) in [4.78, 5) is 17.3. The van der Waals surface area contributed by atoms with Crippen molar-refractivity contribution in [3.63, 3.8) is 0 Å². The molecule has 0 amide bonds. The Morgan fingerprint density at radius 1 is 0.941 bits per heavy atom. The van der Waals surface area contributed by atoms with Crippen LogP contribution in [0.1, 0.15) is 20.8 Å². The molecular weight excluding hydrogens is 216 g/mol. The monoisotopic (exact) mass is 238 g/mol. The average molecular weight is 238 g/mol. The van der Waals surface area contributed by atoms with E-state index in [9.17, 15) is 0 Å². The van der Waals surface area contributed by atoms with E-state index < -0.39 is 0 Å². The first-order valence-corrected chi connectivity index (χ1v) is 6.06. The van der Waals surface area contributed by atoms with E-state index in [2.05, 4.69) is 45.9 Å². The lowest BCUT2D eigenvalue weighted by Gasteiger charge is -2.21. The Hall–Kier alpha value is -1.59. The van der Waals surface area contributed by atoms with Crippen LogP contribution in [0.5, 0.6) is 0 Å². The summed E-state index contributed by atoms with van der Waals surface area (Å²) in [6, 6.07) is 0. The fourth-order valence-electron chi connectivity index (χ4n) is 1.43. The molecule has 0 unspecified atom stereocenters. The van der Waals surface area contributed by atoms with E-state index in [1.165, 1.54) is 0 Å². The number of hydrogen-bond acceptors (Lipinski definition) is 6. The Labute approximate surface area is 103 Å². The highest BCUT2D eigenvalue weighted by atomic mass is 15.3. The van der Waals surface area contributed by atoms with Gasteiger partial charge in [0, 0.05) is 33.7 Å². The van der Waals surface area contributed by atoms with Gasteiger partial charge in [0.2, 0.25) is 17.8 Å². The Morgan fingerprint density at radius 3 is 2.00 bits per heavy atom. The van der Waals surface area contributed by atoms with Crippen molar-refractivity contribution in [2.24, 2.45) is 0 Å². The van der Waals surface area contributed by atoms with Crippen LogP contribution in [-0.4, -0.2) is 48.7 Å². The van der Waals surface area contributed by atoms with Gasteiger partial charge in [0.05, 0.1) is 0 Å². The van der Waals surface area contributed by atoms with Gasteiger partial charge >= 0.3 is 0 Å². The molecule has 0 radical (unpaired) electrons. The molecule has 0 saturated heterocycles. The van der Waals surface area contributed by atoms with Gasteiger partial charge in [0.25, 0.3) is 0 Å². The maximum absolute atomic E-state index is 4.48. The van der Waals surface area contributed by atoms with Gasteiger partial charge in [-0.25, -0.2) is 0 Å². The zero-order valence-corrected chi connectivity index (χ0v) is 11.4. The van der Waals surface area contributed by atoms with E-state index in [4.69, 9.17) is 0 Å². The van der Waals surface area contributed by atoms with Crippen molar-refractivity contribution >= 4 is 17.8 Å². The highest BCUT2D eigenvalue weighted by Crippen LogP contribution is 2.15. The number of nitrogens with one attached hydrogen (secondary N) is 1. The third kappa shape index (κ3) is 3.18. The first-order valence-electron chi connectivity index (χ1n) is 6.06. The summed E-state index contributed by atoms with van der Waals surface area (Å²) in [5.41, 5.74) is 0. The van der Waals surface area contributed by atoms with Gasteiger partial charge in [-0.3, -0.25) is 0 Å². The molecular formula is C11H22N6. The molecule has 0 bridgehead atoms. The molecule has 6 heteroatoms. The largest absolute Gasteiger partial charge is 0.357 e. The Bertz CT molecular complexity index is 350. The smallest absolute Gasteiger partial charge is 0.231 e. The molecule has 0 aromatic carbocycles. The normalized spacial score (nSPS) is 10.2. The van der Waals surface area contributed by atoms with Crippen LogP contribution in [0.15, 0.2) is 0 Å². The molecule has 1 aromatic rings. The second kappa shape index (κ2) is 6.22. The molecule has 1 N–H and O–H groups in total. The number of rotatable bonds is 6. The van der Waals surface area contributed by atoms with Crippen molar-refractivity contribution in [3.8, 4) is 0 Å². The SMILES string of the molecule is CCN(C)c1nc(NC)nc(N(CC)CC)n1. The fourth-order valence-corrected chi connectivity index (χ4v) is 1.43. The summed E-state index contributed by atoms with van der Waals surface area (Å²) in [5.74, 6) is 2.04. The van der Waals surface area contributed by atoms with Crippen LogP contribution < -0.4 is 15.1 Å². The zero-order valence-electron chi connectivity index (χ0n) is 11.4. The van der Waals surface area contributed by atoms with E-state index in [1.807, 2.05) is 19.0 Å². The first kappa shape index (κ1) is 13.5. The van der Waals surface area contributed by atoms with Gasteiger partial charge in [-0.15, -0.1) is 0 Å². The second-order valence-electron chi connectivity index (χ2n) is 3.70. The molecule has 1 aromatic heterocycles. The van der Waals surface area contributed by atoms with E-state index in [0.717, 1.165) is 25.6 Å². The third-order valence-corrected chi connectivity index (χ3v) is 2.70. The summed E-state index contributed by atoms with van der Waals surface area (Å²) in [6.45, 7) is 8.90. The minimum absolute atomic E-state index is 0.609. The van der Waals surface area contributed by atoms with Crippen molar-refractivity contribution in [2.75, 3.05) is 48.8 Å². The predicted octanol–water partition coefficient (Wildman–Crippen LogP) is 1.22. The van der Waals surface area contributed by atoms with Crippen molar-refractivity contribution in [2.45, 2.75) is 20.8 Å². The summed E-state index contributed by atoms with van der Waals surface area (Å²) >= 11 is 0. The minimum Gasteiger partial charge on any atom is -0.357 e.